The van der Waals surface area contributed by atoms with Crippen LogP contribution in [0.4, 0.5) is 0 Å². The lowest BCUT2D eigenvalue weighted by molar-refractivity contribution is 0.179. The molecule has 1 heterocycles. The van der Waals surface area contributed by atoms with Gasteiger partial charge >= 0.3 is 0 Å². The van der Waals surface area contributed by atoms with Crippen molar-refractivity contribution in [2.24, 2.45) is 0 Å². The van der Waals surface area contributed by atoms with Crippen LogP contribution in [-0.2, 0) is 6.54 Å². The van der Waals surface area contributed by atoms with Gasteiger partial charge in [0.25, 0.3) is 0 Å². The van der Waals surface area contributed by atoms with Gasteiger partial charge in [0.05, 0.1) is 0 Å². The fourth-order valence-corrected chi connectivity index (χ4v) is 2.03. The molecule has 1 aromatic rings. The third-order valence-corrected chi connectivity index (χ3v) is 2.59. The van der Waals surface area contributed by atoms with Crippen molar-refractivity contribution in [3.05, 3.63) is 28.8 Å². The first-order valence-electron chi connectivity index (χ1n) is 4.79. The molecule has 14 heavy (non-hydrogen) atoms. The van der Waals surface area contributed by atoms with Gasteiger partial charge in [-0.15, -0.1) is 0 Å². The molecule has 0 saturated carbocycles. The van der Waals surface area contributed by atoms with Gasteiger partial charge in [0.15, 0.2) is 0 Å². The maximum Gasteiger partial charge on any atom is 0.124 e. The second-order valence-electron chi connectivity index (χ2n) is 3.88. The lowest BCUT2D eigenvalue weighted by atomic mass is 10.2. The molecule has 0 unspecified atom stereocenters. The normalized spacial score (nSPS) is 22.4. The van der Waals surface area contributed by atoms with Crippen molar-refractivity contribution in [2.75, 3.05) is 13.6 Å². The van der Waals surface area contributed by atoms with E-state index >= 15 is 0 Å². The van der Waals surface area contributed by atoms with Crippen LogP contribution in [0.5, 0.6) is 5.75 Å². The third kappa shape index (κ3) is 2.02. The number of rotatable bonds is 0. The van der Waals surface area contributed by atoms with E-state index in [1.807, 2.05) is 18.2 Å². The fourth-order valence-electron chi connectivity index (χ4n) is 1.83. The molecule has 0 fully saturated rings. The molecule has 0 saturated heterocycles. The van der Waals surface area contributed by atoms with E-state index in [4.69, 9.17) is 16.3 Å². The minimum absolute atomic E-state index is 0.238. The Bertz CT molecular complexity index is 340. The molecule has 2 rings (SSSR count). The van der Waals surface area contributed by atoms with Crippen molar-refractivity contribution >= 4 is 11.6 Å². The monoisotopic (exact) mass is 211 g/mol. The number of fused-ring (bicyclic) bond motifs is 1. The van der Waals surface area contributed by atoms with Crippen LogP contribution in [0.25, 0.3) is 0 Å². The summed E-state index contributed by atoms with van der Waals surface area (Å²) in [4.78, 5) is 2.24. The van der Waals surface area contributed by atoms with Crippen molar-refractivity contribution < 1.29 is 4.74 Å². The minimum atomic E-state index is 0.238. The Morgan fingerprint density at radius 1 is 1.50 bits per heavy atom. The molecule has 0 spiro atoms. The number of hydrogen-bond donors (Lipinski definition) is 0. The first kappa shape index (κ1) is 9.81. The van der Waals surface area contributed by atoms with Crippen molar-refractivity contribution in [3.8, 4) is 5.75 Å². The molecule has 76 valence electrons. The number of hydrogen-bond acceptors (Lipinski definition) is 2. The van der Waals surface area contributed by atoms with Crippen LogP contribution in [-0.4, -0.2) is 24.6 Å². The number of benzene rings is 1. The molecule has 0 aliphatic carbocycles. The third-order valence-electron chi connectivity index (χ3n) is 2.36. The van der Waals surface area contributed by atoms with Crippen LogP contribution in [0.2, 0.25) is 5.02 Å². The van der Waals surface area contributed by atoms with E-state index in [0.717, 1.165) is 23.9 Å². The van der Waals surface area contributed by atoms with E-state index in [9.17, 15) is 0 Å². The Morgan fingerprint density at radius 2 is 2.29 bits per heavy atom. The summed E-state index contributed by atoms with van der Waals surface area (Å²) in [6, 6.07) is 5.80. The molecule has 0 N–H and O–H groups in total. The van der Waals surface area contributed by atoms with E-state index in [-0.39, 0.29) is 6.10 Å². The molecule has 1 aliphatic heterocycles. The molecule has 1 atom stereocenters. The van der Waals surface area contributed by atoms with Crippen LogP contribution in [0.1, 0.15) is 12.5 Å². The minimum Gasteiger partial charge on any atom is -0.489 e. The zero-order valence-electron chi connectivity index (χ0n) is 8.46. The predicted molar refractivity (Wildman–Crippen MR) is 57.9 cm³/mol. The van der Waals surface area contributed by atoms with Gasteiger partial charge in [-0.25, -0.2) is 0 Å². The average molecular weight is 212 g/mol. The second kappa shape index (κ2) is 3.79. The van der Waals surface area contributed by atoms with Gasteiger partial charge in [0.1, 0.15) is 11.9 Å². The largest absolute Gasteiger partial charge is 0.489 e. The van der Waals surface area contributed by atoms with E-state index in [1.54, 1.807) is 0 Å². The van der Waals surface area contributed by atoms with Crippen LogP contribution in [0, 0.1) is 0 Å². The van der Waals surface area contributed by atoms with Gasteiger partial charge in [-0.1, -0.05) is 11.6 Å². The highest BCUT2D eigenvalue weighted by Crippen LogP contribution is 2.27. The second-order valence-corrected chi connectivity index (χ2v) is 4.31. The summed E-state index contributed by atoms with van der Waals surface area (Å²) in [6.07, 6.45) is 0.238. The van der Waals surface area contributed by atoms with E-state index < -0.39 is 0 Å². The van der Waals surface area contributed by atoms with Crippen LogP contribution in [0.15, 0.2) is 18.2 Å². The Morgan fingerprint density at radius 3 is 3.07 bits per heavy atom. The van der Waals surface area contributed by atoms with Crippen LogP contribution < -0.4 is 4.74 Å². The highest BCUT2D eigenvalue weighted by atomic mass is 35.5. The van der Waals surface area contributed by atoms with Gasteiger partial charge in [0.2, 0.25) is 0 Å². The van der Waals surface area contributed by atoms with Crippen molar-refractivity contribution in [1.29, 1.82) is 0 Å². The number of ether oxygens (including phenoxy) is 1. The van der Waals surface area contributed by atoms with E-state index in [1.165, 1.54) is 5.56 Å². The summed E-state index contributed by atoms with van der Waals surface area (Å²) < 4.78 is 5.78. The van der Waals surface area contributed by atoms with Crippen molar-refractivity contribution in [3.63, 3.8) is 0 Å². The number of halogens is 1. The first-order valence-corrected chi connectivity index (χ1v) is 5.16. The molecule has 0 radical (unpaired) electrons. The molecule has 2 nitrogen and oxygen atoms in total. The quantitative estimate of drug-likeness (QED) is 0.654. The molecule has 0 amide bonds. The van der Waals surface area contributed by atoms with E-state index in [0.29, 0.717) is 0 Å². The summed E-state index contributed by atoms with van der Waals surface area (Å²) in [5.41, 5.74) is 1.17. The average Bonchev–Trinajstić information content (AvgIpc) is 2.21. The molecule has 3 heteroatoms. The molecular formula is C11H14ClNO. The van der Waals surface area contributed by atoms with E-state index in [2.05, 4.69) is 18.9 Å². The topological polar surface area (TPSA) is 12.5 Å². The summed E-state index contributed by atoms with van der Waals surface area (Å²) in [5.74, 6) is 0.964. The smallest absolute Gasteiger partial charge is 0.124 e. The Hall–Kier alpha value is -0.730. The van der Waals surface area contributed by atoms with Gasteiger partial charge in [-0.3, -0.25) is 4.90 Å². The highest BCUT2D eigenvalue weighted by Gasteiger charge is 2.17. The summed E-state index contributed by atoms with van der Waals surface area (Å²) >= 11 is 5.94. The van der Waals surface area contributed by atoms with Gasteiger partial charge in [-0.05, 0) is 32.2 Å². The first-order chi connectivity index (χ1) is 6.65. The number of nitrogens with zero attached hydrogens (tertiary/aromatic N) is 1. The fraction of sp³-hybridized carbons (Fsp3) is 0.455. The van der Waals surface area contributed by atoms with Gasteiger partial charge in [0, 0.05) is 23.7 Å². The Labute approximate surface area is 89.4 Å². The van der Waals surface area contributed by atoms with Crippen LogP contribution >= 0.6 is 11.6 Å². The summed E-state index contributed by atoms with van der Waals surface area (Å²) in [6.45, 7) is 3.94. The zero-order chi connectivity index (χ0) is 10.1. The summed E-state index contributed by atoms with van der Waals surface area (Å²) in [7, 11) is 2.09. The Kier molecular flexibility index (Phi) is 2.66. The SMILES string of the molecule is C[C@@H]1CN(C)Cc2cc(Cl)ccc2O1. The zero-order valence-corrected chi connectivity index (χ0v) is 9.21. The van der Waals surface area contributed by atoms with Gasteiger partial charge in [-0.2, -0.15) is 0 Å². The highest BCUT2D eigenvalue weighted by molar-refractivity contribution is 6.30. The standard InChI is InChI=1S/C11H14ClNO/c1-8-6-13(2)7-9-5-10(12)3-4-11(9)14-8/h3-5,8H,6-7H2,1-2H3/t8-/m1/s1. The maximum absolute atomic E-state index is 5.94. The lowest BCUT2D eigenvalue weighted by Gasteiger charge is -2.15. The molecule has 1 aromatic carbocycles. The Balaban J connectivity index is 2.36. The summed E-state index contributed by atoms with van der Waals surface area (Å²) in [5, 5.41) is 0.773. The van der Waals surface area contributed by atoms with Crippen LogP contribution in [0.3, 0.4) is 0 Å². The van der Waals surface area contributed by atoms with Crippen molar-refractivity contribution in [2.45, 2.75) is 19.6 Å². The molecule has 0 aromatic heterocycles. The maximum atomic E-state index is 5.94. The van der Waals surface area contributed by atoms with Gasteiger partial charge < -0.3 is 4.74 Å². The lowest BCUT2D eigenvalue weighted by Crippen LogP contribution is -2.27. The molecule has 0 bridgehead atoms. The molecule has 1 aliphatic rings. The number of likely N-dealkylation sites (N-methyl/N-ethyl adjacent to an activating group) is 1. The predicted octanol–water partition coefficient (Wildman–Crippen LogP) is 2.55. The van der Waals surface area contributed by atoms with Crippen molar-refractivity contribution in [1.82, 2.24) is 4.90 Å². The molecular weight excluding hydrogens is 198 g/mol.